The summed E-state index contributed by atoms with van der Waals surface area (Å²) < 4.78 is 38.2. The molecule has 9 N–H and O–H groups in total. The predicted octanol–water partition coefficient (Wildman–Crippen LogP) is 2.22. The minimum atomic E-state index is -4.88. The Morgan fingerprint density at radius 1 is 1.13 bits per heavy atom. The van der Waals surface area contributed by atoms with Crippen LogP contribution in [0.3, 0.4) is 0 Å². The van der Waals surface area contributed by atoms with Crippen LogP contribution in [-0.2, 0) is 19.5 Å². The van der Waals surface area contributed by atoms with E-state index in [2.05, 4.69) is 39.9 Å². The van der Waals surface area contributed by atoms with Crippen molar-refractivity contribution in [3.05, 3.63) is 35.9 Å². The quantitative estimate of drug-likeness (QED) is 0.0578. The number of aromatic carboxylic acids is 1. The number of aromatic nitrogens is 4. The van der Waals surface area contributed by atoms with Gasteiger partial charge >= 0.3 is 5.97 Å². The molecule has 0 fully saturated rings. The summed E-state index contributed by atoms with van der Waals surface area (Å²) in [6.45, 7) is 0.736. The highest BCUT2D eigenvalue weighted by molar-refractivity contribution is 7.94. The first-order valence-corrected chi connectivity index (χ1v) is 13.3. The highest BCUT2D eigenvalue weighted by Gasteiger charge is 2.26. The van der Waals surface area contributed by atoms with Crippen molar-refractivity contribution in [1.29, 1.82) is 0 Å². The van der Waals surface area contributed by atoms with Gasteiger partial charge in [0.25, 0.3) is 10.1 Å². The molecule has 4 rings (SSSR count). The van der Waals surface area contributed by atoms with E-state index in [0.29, 0.717) is 46.3 Å². The van der Waals surface area contributed by atoms with E-state index in [4.69, 9.17) is 16.7 Å². The lowest BCUT2D eigenvalue weighted by Crippen LogP contribution is -2.16. The third-order valence-electron chi connectivity index (χ3n) is 4.71. The smallest absolute Gasteiger partial charge is 0.337 e. The standard InChI is InChI=1S/C19H18N8O8S3/c20-5-6-22-18-25-17(21)26-19(27-18)24-10-3-1-8(7-12(10)37-35-34-30)15-23-11-4-2-9(16(28)29)14(13(11)36-15)38(31,32)33/h1-4,7,30H,5-6,20H2,(H,28,29)(H,31,32,33)(H4,21,22,24,25,26,27). The molecule has 0 aliphatic heterocycles. The molecule has 38 heavy (non-hydrogen) atoms. The van der Waals surface area contributed by atoms with E-state index in [1.54, 1.807) is 18.2 Å². The zero-order valence-electron chi connectivity index (χ0n) is 18.9. The van der Waals surface area contributed by atoms with E-state index < -0.39 is 26.5 Å². The number of nitrogen functional groups attached to an aromatic ring is 1. The van der Waals surface area contributed by atoms with Gasteiger partial charge in [-0.05, 0) is 30.3 Å². The summed E-state index contributed by atoms with van der Waals surface area (Å²) in [4.78, 5) is 27.7. The van der Waals surface area contributed by atoms with Crippen molar-refractivity contribution in [2.45, 2.75) is 9.79 Å². The summed E-state index contributed by atoms with van der Waals surface area (Å²) in [7, 11) is -4.88. The molecule has 0 aliphatic rings. The fourth-order valence-corrected chi connectivity index (χ4v) is 5.93. The first kappa shape index (κ1) is 27.3. The van der Waals surface area contributed by atoms with Crippen molar-refractivity contribution in [3.8, 4) is 10.6 Å². The Kier molecular flexibility index (Phi) is 8.18. The summed E-state index contributed by atoms with van der Waals surface area (Å²) in [5, 5.41) is 27.9. The van der Waals surface area contributed by atoms with Gasteiger partial charge in [0.15, 0.2) is 0 Å². The number of carboxylic acid groups (broad SMARTS) is 1. The van der Waals surface area contributed by atoms with Crippen molar-refractivity contribution < 1.29 is 37.5 Å². The van der Waals surface area contributed by atoms with Crippen molar-refractivity contribution in [2.24, 2.45) is 5.73 Å². The lowest BCUT2D eigenvalue weighted by atomic mass is 10.2. The van der Waals surface area contributed by atoms with Gasteiger partial charge in [0, 0.05) is 18.7 Å². The third kappa shape index (κ3) is 6.06. The fraction of sp³-hybridized carbons (Fsp3) is 0.105. The Bertz CT molecular complexity index is 1620. The van der Waals surface area contributed by atoms with Gasteiger partial charge in [-0.3, -0.25) is 4.55 Å². The van der Waals surface area contributed by atoms with Gasteiger partial charge < -0.3 is 27.2 Å². The van der Waals surface area contributed by atoms with Crippen LogP contribution in [0.25, 0.3) is 20.8 Å². The number of nitrogens with two attached hydrogens (primary N) is 2. The second-order valence-electron chi connectivity index (χ2n) is 7.21. The average Bonchev–Trinajstić information content (AvgIpc) is 3.29. The van der Waals surface area contributed by atoms with Crippen molar-refractivity contribution in [3.63, 3.8) is 0 Å². The van der Waals surface area contributed by atoms with E-state index in [9.17, 15) is 22.9 Å². The summed E-state index contributed by atoms with van der Waals surface area (Å²) in [6, 6.07) is 7.16. The number of nitrogens with zero attached hydrogens (tertiary/aromatic N) is 4. The van der Waals surface area contributed by atoms with Crippen LogP contribution < -0.4 is 22.1 Å². The van der Waals surface area contributed by atoms with Crippen LogP contribution in [0.5, 0.6) is 0 Å². The Balaban J connectivity index is 1.75. The summed E-state index contributed by atoms with van der Waals surface area (Å²) in [6.07, 6.45) is 0. The Hall–Kier alpha value is -3.69. The number of nitrogens with one attached hydrogen (secondary N) is 2. The van der Waals surface area contributed by atoms with Crippen LogP contribution in [0.4, 0.5) is 23.5 Å². The van der Waals surface area contributed by atoms with E-state index in [1.807, 2.05) is 0 Å². The Morgan fingerprint density at radius 2 is 1.89 bits per heavy atom. The average molecular weight is 583 g/mol. The fourth-order valence-electron chi connectivity index (χ4n) is 3.23. The maximum absolute atomic E-state index is 12.0. The summed E-state index contributed by atoms with van der Waals surface area (Å²) >= 11 is 1.47. The third-order valence-corrected chi connectivity index (χ3v) is 7.56. The second-order valence-corrected chi connectivity index (χ2v) is 10.3. The van der Waals surface area contributed by atoms with Crippen molar-refractivity contribution in [2.75, 3.05) is 29.5 Å². The molecule has 0 atom stereocenters. The largest absolute Gasteiger partial charge is 0.478 e. The molecule has 0 aliphatic carbocycles. The minimum Gasteiger partial charge on any atom is -0.478 e. The van der Waals surface area contributed by atoms with Crippen LogP contribution in [0.2, 0.25) is 0 Å². The molecule has 200 valence electrons. The van der Waals surface area contributed by atoms with Gasteiger partial charge in [0.2, 0.25) is 17.8 Å². The highest BCUT2D eigenvalue weighted by Crippen LogP contribution is 2.39. The topological polar surface area (TPSA) is 258 Å². The number of thiazole rings is 1. The van der Waals surface area contributed by atoms with Gasteiger partial charge in [0.05, 0.1) is 38.4 Å². The molecule has 0 amide bonds. The van der Waals surface area contributed by atoms with Gasteiger partial charge in [-0.15, -0.1) is 15.7 Å². The molecule has 0 bridgehead atoms. The monoisotopic (exact) mass is 582 g/mol. The van der Waals surface area contributed by atoms with E-state index in [-0.39, 0.29) is 28.1 Å². The molecule has 2 aromatic carbocycles. The molecule has 16 nitrogen and oxygen atoms in total. The molecular weight excluding hydrogens is 564 g/mol. The summed E-state index contributed by atoms with van der Waals surface area (Å²) in [5.74, 6) is -1.32. The zero-order chi connectivity index (χ0) is 27.4. The number of hydrogen-bond donors (Lipinski definition) is 7. The maximum atomic E-state index is 12.0. The molecule has 0 unspecified atom stereocenters. The van der Waals surface area contributed by atoms with Crippen molar-refractivity contribution in [1.82, 2.24) is 19.9 Å². The number of carboxylic acids is 1. The number of carbonyl (C=O) groups is 1. The van der Waals surface area contributed by atoms with Crippen LogP contribution >= 0.6 is 23.4 Å². The van der Waals surface area contributed by atoms with Crippen LogP contribution in [0, 0.1) is 0 Å². The van der Waals surface area contributed by atoms with Gasteiger partial charge in [-0.1, -0.05) is 5.04 Å². The molecule has 0 spiro atoms. The Morgan fingerprint density at radius 3 is 2.58 bits per heavy atom. The maximum Gasteiger partial charge on any atom is 0.337 e. The first-order valence-electron chi connectivity index (χ1n) is 10.3. The number of anilines is 4. The molecule has 0 saturated carbocycles. The number of hydrogen-bond acceptors (Lipinski definition) is 16. The van der Waals surface area contributed by atoms with Gasteiger partial charge in [-0.25, -0.2) is 15.0 Å². The van der Waals surface area contributed by atoms with Crippen LogP contribution in [0.1, 0.15) is 10.4 Å². The second kappa shape index (κ2) is 11.4. The van der Waals surface area contributed by atoms with Crippen LogP contribution in [-0.4, -0.2) is 62.3 Å². The molecule has 2 aromatic heterocycles. The van der Waals surface area contributed by atoms with Crippen molar-refractivity contribution >= 4 is 73.2 Å². The SMILES string of the molecule is NCCNc1nc(N)nc(Nc2ccc(-c3nc4ccc(C(=O)O)c(S(=O)(=O)O)c4s3)cc2SOOO)n1. The number of fused-ring (bicyclic) bond motifs is 1. The minimum absolute atomic E-state index is 0.0353. The molecule has 4 aromatic rings. The lowest BCUT2D eigenvalue weighted by molar-refractivity contribution is -0.432. The first-order chi connectivity index (χ1) is 18.1. The molecule has 19 heteroatoms. The molecular formula is C19H18N8O8S3. The Labute approximate surface area is 221 Å². The predicted molar refractivity (Wildman–Crippen MR) is 138 cm³/mol. The molecule has 2 heterocycles. The molecule has 0 saturated heterocycles. The molecule has 0 radical (unpaired) electrons. The van der Waals surface area contributed by atoms with Gasteiger partial charge in [0.1, 0.15) is 9.90 Å². The number of rotatable bonds is 11. The summed E-state index contributed by atoms with van der Waals surface area (Å²) in [5.41, 5.74) is 11.6. The highest BCUT2D eigenvalue weighted by atomic mass is 32.2. The van der Waals surface area contributed by atoms with Crippen LogP contribution in [0.15, 0.2) is 40.1 Å². The lowest BCUT2D eigenvalue weighted by Gasteiger charge is -2.12. The number of benzene rings is 2. The van der Waals surface area contributed by atoms with E-state index in [0.717, 1.165) is 17.4 Å². The van der Waals surface area contributed by atoms with E-state index in [1.165, 1.54) is 6.07 Å². The van der Waals surface area contributed by atoms with Gasteiger partial charge in [-0.2, -0.15) is 23.4 Å². The van der Waals surface area contributed by atoms with E-state index >= 15 is 0 Å². The zero-order valence-corrected chi connectivity index (χ0v) is 21.3. The normalized spacial score (nSPS) is 11.6.